The summed E-state index contributed by atoms with van der Waals surface area (Å²) in [6.45, 7) is 1.45. The number of sulfonamides is 1. The van der Waals surface area contributed by atoms with E-state index in [4.69, 9.17) is 0 Å². The van der Waals surface area contributed by atoms with Crippen LogP contribution in [0.2, 0.25) is 0 Å². The second kappa shape index (κ2) is 10.1. The van der Waals surface area contributed by atoms with Crippen molar-refractivity contribution in [2.45, 2.75) is 37.4 Å². The lowest BCUT2D eigenvalue weighted by Crippen LogP contribution is -2.49. The third-order valence-corrected chi connectivity index (χ3v) is 8.86. The zero-order valence-electron chi connectivity index (χ0n) is 19.8. The summed E-state index contributed by atoms with van der Waals surface area (Å²) >= 11 is 0. The first kappa shape index (κ1) is 24.6. The molecule has 1 saturated carbocycles. The number of benzene rings is 2. The summed E-state index contributed by atoms with van der Waals surface area (Å²) in [5, 5.41) is 4.26. The molecule has 190 valence electrons. The van der Waals surface area contributed by atoms with Crippen molar-refractivity contribution in [2.24, 2.45) is 0 Å². The number of hydrogen-bond donors (Lipinski definition) is 0. The van der Waals surface area contributed by atoms with Crippen molar-refractivity contribution < 1.29 is 17.2 Å². The van der Waals surface area contributed by atoms with Gasteiger partial charge in [0.1, 0.15) is 11.6 Å². The molecule has 1 aromatic heterocycles. The van der Waals surface area contributed by atoms with Crippen LogP contribution in [0.4, 0.5) is 14.5 Å². The smallest absolute Gasteiger partial charge is 0.277 e. The molecule has 0 amide bonds. The van der Waals surface area contributed by atoms with E-state index in [0.29, 0.717) is 37.4 Å². The van der Waals surface area contributed by atoms with E-state index in [1.54, 1.807) is 18.3 Å². The first-order chi connectivity index (χ1) is 17.3. The van der Waals surface area contributed by atoms with E-state index >= 15 is 0 Å². The highest BCUT2D eigenvalue weighted by Gasteiger charge is 2.31. The second-order valence-corrected chi connectivity index (χ2v) is 11.4. The van der Waals surface area contributed by atoms with Crippen molar-refractivity contribution in [3.05, 3.63) is 87.8 Å². The van der Waals surface area contributed by atoms with Gasteiger partial charge in [-0.2, -0.15) is 14.1 Å². The zero-order valence-corrected chi connectivity index (χ0v) is 20.6. The fraction of sp³-hybridized carbons (Fsp3) is 0.385. The van der Waals surface area contributed by atoms with Gasteiger partial charge in [-0.3, -0.25) is 4.79 Å². The molecule has 10 heteroatoms. The molecule has 0 atom stereocenters. The molecule has 2 heterocycles. The van der Waals surface area contributed by atoms with Crippen LogP contribution in [0.1, 0.15) is 42.7 Å². The minimum absolute atomic E-state index is 0.0278. The van der Waals surface area contributed by atoms with Crippen molar-refractivity contribution in [3.8, 4) is 5.69 Å². The standard InChI is InChI=1S/C26H28F2N4O3S/c27-21-14-22(28)16-23(15-21)32-26(33)25(20-8-4-5-9-20)24(17-29-32)30-10-12-31(13-11-30)36(34,35)18-19-6-2-1-3-7-19/h1-3,6-7,14-17,20H,4-5,8-13,18H2. The Hall–Kier alpha value is -3.11. The number of piperazine rings is 1. The molecular formula is C26H28F2N4O3S. The first-order valence-electron chi connectivity index (χ1n) is 12.2. The van der Waals surface area contributed by atoms with E-state index < -0.39 is 21.7 Å². The second-order valence-electron chi connectivity index (χ2n) is 9.40. The van der Waals surface area contributed by atoms with Gasteiger partial charge in [-0.1, -0.05) is 43.2 Å². The van der Waals surface area contributed by atoms with Crippen LogP contribution in [0.5, 0.6) is 0 Å². The van der Waals surface area contributed by atoms with Crippen LogP contribution in [0.15, 0.2) is 59.5 Å². The number of rotatable bonds is 6. The molecule has 5 rings (SSSR count). The molecule has 1 aliphatic heterocycles. The summed E-state index contributed by atoms with van der Waals surface area (Å²) < 4.78 is 56.2. The van der Waals surface area contributed by atoms with E-state index in [1.807, 2.05) is 23.1 Å². The molecule has 2 fully saturated rings. The Morgan fingerprint density at radius 2 is 1.56 bits per heavy atom. The van der Waals surface area contributed by atoms with Gasteiger partial charge in [0.05, 0.1) is 23.3 Å². The molecule has 36 heavy (non-hydrogen) atoms. The largest absolute Gasteiger partial charge is 0.367 e. The molecule has 0 radical (unpaired) electrons. The van der Waals surface area contributed by atoms with Gasteiger partial charge < -0.3 is 4.90 Å². The quantitative estimate of drug-likeness (QED) is 0.500. The molecule has 2 aromatic carbocycles. The molecule has 1 aliphatic carbocycles. The van der Waals surface area contributed by atoms with E-state index in [0.717, 1.165) is 54.1 Å². The summed E-state index contributed by atoms with van der Waals surface area (Å²) in [5.41, 5.74) is 1.67. The Kier molecular flexibility index (Phi) is 6.90. The molecule has 3 aromatic rings. The maximum atomic E-state index is 13.8. The Balaban J connectivity index is 1.41. The molecule has 1 saturated heterocycles. The SMILES string of the molecule is O=c1c(C2CCCC2)c(N2CCN(S(=O)(=O)Cc3ccccc3)CC2)cnn1-c1cc(F)cc(F)c1. The first-order valence-corrected chi connectivity index (χ1v) is 13.8. The molecule has 0 unspecified atom stereocenters. The van der Waals surface area contributed by atoms with Crippen LogP contribution < -0.4 is 10.5 Å². The molecule has 7 nitrogen and oxygen atoms in total. The lowest BCUT2D eigenvalue weighted by Gasteiger charge is -2.36. The summed E-state index contributed by atoms with van der Waals surface area (Å²) in [4.78, 5) is 15.6. The fourth-order valence-electron chi connectivity index (χ4n) is 5.24. The van der Waals surface area contributed by atoms with Crippen LogP contribution in [0.25, 0.3) is 5.69 Å². The maximum absolute atomic E-state index is 13.8. The average Bonchev–Trinajstić information content (AvgIpc) is 3.38. The van der Waals surface area contributed by atoms with Gasteiger partial charge in [-0.15, -0.1) is 0 Å². The maximum Gasteiger partial charge on any atom is 0.277 e. The lowest BCUT2D eigenvalue weighted by molar-refractivity contribution is 0.383. The van der Waals surface area contributed by atoms with Crippen LogP contribution in [0.3, 0.4) is 0 Å². The van der Waals surface area contributed by atoms with E-state index in [9.17, 15) is 22.0 Å². The van der Waals surface area contributed by atoms with E-state index in [1.165, 1.54) is 4.31 Å². The molecule has 0 N–H and O–H groups in total. The predicted octanol–water partition coefficient (Wildman–Crippen LogP) is 3.82. The van der Waals surface area contributed by atoms with Gasteiger partial charge in [0.25, 0.3) is 5.56 Å². The summed E-state index contributed by atoms with van der Waals surface area (Å²) in [6, 6.07) is 12.0. The highest BCUT2D eigenvalue weighted by Crippen LogP contribution is 2.37. The van der Waals surface area contributed by atoms with Gasteiger partial charge in [-0.25, -0.2) is 17.2 Å². The summed E-state index contributed by atoms with van der Waals surface area (Å²) in [5.74, 6) is -1.58. The molecular weight excluding hydrogens is 486 g/mol. The molecule has 0 spiro atoms. The van der Waals surface area contributed by atoms with Gasteiger partial charge in [0.15, 0.2) is 0 Å². The molecule has 2 aliphatic rings. The van der Waals surface area contributed by atoms with Crippen molar-refractivity contribution in [2.75, 3.05) is 31.1 Å². The predicted molar refractivity (Wildman–Crippen MR) is 134 cm³/mol. The van der Waals surface area contributed by atoms with Crippen LogP contribution in [-0.4, -0.2) is 48.7 Å². The summed E-state index contributed by atoms with van der Waals surface area (Å²) in [7, 11) is -3.47. The van der Waals surface area contributed by atoms with E-state index in [-0.39, 0.29) is 22.9 Å². The zero-order chi connectivity index (χ0) is 25.3. The topological polar surface area (TPSA) is 75.5 Å². The highest BCUT2D eigenvalue weighted by atomic mass is 32.2. The van der Waals surface area contributed by atoms with Crippen molar-refractivity contribution >= 4 is 15.7 Å². The Bertz CT molecular complexity index is 1380. The number of nitrogens with zero attached hydrogens (tertiary/aromatic N) is 4. The Morgan fingerprint density at radius 1 is 0.917 bits per heavy atom. The lowest BCUT2D eigenvalue weighted by atomic mass is 9.97. The minimum atomic E-state index is -3.47. The fourth-order valence-corrected chi connectivity index (χ4v) is 6.75. The third kappa shape index (κ3) is 5.05. The third-order valence-electron chi connectivity index (χ3n) is 7.01. The molecule has 0 bridgehead atoms. The van der Waals surface area contributed by atoms with Crippen LogP contribution in [-0.2, 0) is 15.8 Å². The Labute approximate surface area is 209 Å². The normalized spacial score (nSPS) is 17.6. The highest BCUT2D eigenvalue weighted by molar-refractivity contribution is 7.88. The number of anilines is 1. The van der Waals surface area contributed by atoms with E-state index in [2.05, 4.69) is 5.10 Å². The van der Waals surface area contributed by atoms with Gasteiger partial charge in [-0.05, 0) is 36.5 Å². The average molecular weight is 515 g/mol. The van der Waals surface area contributed by atoms with Crippen molar-refractivity contribution in [1.29, 1.82) is 0 Å². The summed E-state index contributed by atoms with van der Waals surface area (Å²) in [6.07, 6.45) is 5.30. The monoisotopic (exact) mass is 514 g/mol. The van der Waals surface area contributed by atoms with Gasteiger partial charge in [0.2, 0.25) is 10.0 Å². The van der Waals surface area contributed by atoms with Crippen LogP contribution in [0, 0.1) is 11.6 Å². The van der Waals surface area contributed by atoms with Crippen LogP contribution >= 0.6 is 0 Å². The van der Waals surface area contributed by atoms with Crippen molar-refractivity contribution in [1.82, 2.24) is 14.1 Å². The Morgan fingerprint density at radius 3 is 2.19 bits per heavy atom. The van der Waals surface area contributed by atoms with Gasteiger partial charge in [0, 0.05) is 37.8 Å². The van der Waals surface area contributed by atoms with Gasteiger partial charge >= 0.3 is 0 Å². The number of hydrogen-bond acceptors (Lipinski definition) is 5. The minimum Gasteiger partial charge on any atom is -0.367 e. The number of aromatic nitrogens is 2. The number of halogens is 2. The van der Waals surface area contributed by atoms with Crippen molar-refractivity contribution in [3.63, 3.8) is 0 Å².